The number of hydrogen-bond donors (Lipinski definition) is 1. The van der Waals surface area contributed by atoms with Gasteiger partial charge in [-0.2, -0.15) is 0 Å². The van der Waals surface area contributed by atoms with Gasteiger partial charge in [-0.1, -0.05) is 0 Å². The molecule has 1 heterocycles. The van der Waals surface area contributed by atoms with Crippen LogP contribution < -0.4 is 15.0 Å². The molecule has 0 aliphatic carbocycles. The minimum Gasteiger partial charge on any atom is -0.497 e. The van der Waals surface area contributed by atoms with Crippen molar-refractivity contribution < 1.29 is 23.5 Å². The quantitative estimate of drug-likeness (QED) is 0.472. The fraction of sp³-hybridized carbons (Fsp3) is 0.318. The van der Waals surface area contributed by atoms with E-state index in [-0.39, 0.29) is 18.2 Å². The highest BCUT2D eigenvalue weighted by atomic mass is 32.1. The van der Waals surface area contributed by atoms with Crippen molar-refractivity contribution in [3.63, 3.8) is 0 Å². The third kappa shape index (κ3) is 5.36. The molecular weight excluding hydrogens is 421 g/mol. The minimum atomic E-state index is -0.744. The molecule has 1 N–H and O–H groups in total. The molecule has 1 saturated heterocycles. The molecule has 164 valence electrons. The molecule has 0 spiro atoms. The zero-order chi connectivity index (χ0) is 22.4. The zero-order valence-electron chi connectivity index (χ0n) is 17.3. The lowest BCUT2D eigenvalue weighted by Crippen LogP contribution is -2.38. The predicted octanol–water partition coefficient (Wildman–Crippen LogP) is 3.20. The number of halogens is 1. The van der Waals surface area contributed by atoms with Crippen LogP contribution in [0.2, 0.25) is 0 Å². The Kier molecular flexibility index (Phi) is 7.54. The fourth-order valence-corrected chi connectivity index (χ4v) is 3.77. The van der Waals surface area contributed by atoms with Crippen molar-refractivity contribution in [3.8, 4) is 5.75 Å². The predicted molar refractivity (Wildman–Crippen MR) is 120 cm³/mol. The average Bonchev–Trinajstić information content (AvgIpc) is 2.99. The van der Waals surface area contributed by atoms with Gasteiger partial charge in [-0.25, -0.2) is 4.39 Å². The van der Waals surface area contributed by atoms with Crippen molar-refractivity contribution >= 4 is 40.5 Å². The summed E-state index contributed by atoms with van der Waals surface area (Å²) in [7, 11) is 3.17. The van der Waals surface area contributed by atoms with Crippen LogP contribution in [0.15, 0.2) is 48.5 Å². The van der Waals surface area contributed by atoms with Crippen LogP contribution in [0.4, 0.5) is 15.8 Å². The largest absolute Gasteiger partial charge is 0.497 e. The second-order valence-corrected chi connectivity index (χ2v) is 7.33. The van der Waals surface area contributed by atoms with Crippen LogP contribution in [0.5, 0.6) is 5.75 Å². The average molecular weight is 446 g/mol. The number of ether oxygens (including phenoxy) is 2. The molecule has 0 aromatic heterocycles. The lowest BCUT2D eigenvalue weighted by molar-refractivity contribution is -0.124. The van der Waals surface area contributed by atoms with Crippen molar-refractivity contribution in [3.05, 3.63) is 54.3 Å². The Hall–Kier alpha value is -3.04. The van der Waals surface area contributed by atoms with Gasteiger partial charge >= 0.3 is 0 Å². The number of benzene rings is 2. The zero-order valence-corrected chi connectivity index (χ0v) is 18.2. The van der Waals surface area contributed by atoms with E-state index in [9.17, 15) is 14.0 Å². The molecule has 0 radical (unpaired) electrons. The van der Waals surface area contributed by atoms with Crippen LogP contribution in [-0.2, 0) is 14.3 Å². The molecule has 2 aromatic carbocycles. The molecule has 2 aromatic rings. The standard InChI is InChI=1S/C22H24FN3O4S/c1-29-13-3-12-25-19(14-20(27)24-16-6-4-15(23)5-7-16)21(28)26(22(25)31)17-8-10-18(30-2)11-9-17/h4-11,19H,3,12-14H2,1-2H3,(H,24,27)/t19-/m0/s1. The van der Waals surface area contributed by atoms with Crippen LogP contribution in [0.25, 0.3) is 0 Å². The number of nitrogens with one attached hydrogen (secondary N) is 1. The lowest BCUT2D eigenvalue weighted by atomic mass is 10.1. The van der Waals surface area contributed by atoms with Gasteiger partial charge in [0.2, 0.25) is 5.91 Å². The highest BCUT2D eigenvalue weighted by Crippen LogP contribution is 2.29. The second kappa shape index (κ2) is 10.3. The SMILES string of the molecule is COCCCN1C(=S)N(c2ccc(OC)cc2)C(=O)[C@@H]1CC(=O)Nc1ccc(F)cc1. The minimum absolute atomic E-state index is 0.0873. The van der Waals surface area contributed by atoms with Crippen molar-refractivity contribution in [2.24, 2.45) is 0 Å². The number of methoxy groups -OCH3 is 2. The van der Waals surface area contributed by atoms with Crippen molar-refractivity contribution in [2.45, 2.75) is 18.9 Å². The fourth-order valence-electron chi connectivity index (χ4n) is 3.36. The van der Waals surface area contributed by atoms with Gasteiger partial charge in [0, 0.05) is 25.9 Å². The Balaban J connectivity index is 1.78. The van der Waals surface area contributed by atoms with Crippen LogP contribution >= 0.6 is 12.2 Å². The van der Waals surface area contributed by atoms with Crippen LogP contribution in [0.1, 0.15) is 12.8 Å². The molecule has 1 atom stereocenters. The summed E-state index contributed by atoms with van der Waals surface area (Å²) in [5.41, 5.74) is 1.06. The normalized spacial score (nSPS) is 16.0. The summed E-state index contributed by atoms with van der Waals surface area (Å²) in [6, 6.07) is 11.7. The lowest BCUT2D eigenvalue weighted by Gasteiger charge is -2.23. The Morgan fingerprint density at radius 3 is 2.42 bits per heavy atom. The molecule has 1 fully saturated rings. The van der Waals surface area contributed by atoms with Gasteiger partial charge in [0.05, 0.1) is 19.2 Å². The number of nitrogens with zero attached hydrogens (tertiary/aromatic N) is 2. The summed E-state index contributed by atoms with van der Waals surface area (Å²) in [6.07, 6.45) is 0.562. The Bertz CT molecular complexity index is 937. The van der Waals surface area contributed by atoms with Crippen molar-refractivity contribution in [2.75, 3.05) is 37.6 Å². The summed E-state index contributed by atoms with van der Waals surface area (Å²) >= 11 is 5.59. The topological polar surface area (TPSA) is 71.1 Å². The van der Waals surface area contributed by atoms with E-state index in [1.807, 2.05) is 0 Å². The van der Waals surface area contributed by atoms with E-state index in [1.54, 1.807) is 43.4 Å². The molecular formula is C22H24FN3O4S. The molecule has 3 rings (SSSR count). The van der Waals surface area contributed by atoms with Gasteiger partial charge in [-0.3, -0.25) is 14.5 Å². The number of carbonyl (C=O) groups excluding carboxylic acids is 2. The van der Waals surface area contributed by atoms with Crippen molar-refractivity contribution in [1.82, 2.24) is 4.90 Å². The maximum absolute atomic E-state index is 13.3. The monoisotopic (exact) mass is 445 g/mol. The van der Waals surface area contributed by atoms with Crippen LogP contribution in [0, 0.1) is 5.82 Å². The van der Waals surface area contributed by atoms with E-state index in [0.717, 1.165) is 0 Å². The number of hydrogen-bond acceptors (Lipinski definition) is 5. The Labute approximate surface area is 185 Å². The summed E-state index contributed by atoms with van der Waals surface area (Å²) in [4.78, 5) is 29.1. The molecule has 1 aliphatic rings. The molecule has 2 amide bonds. The third-order valence-corrected chi connectivity index (χ3v) is 5.32. The number of thiocarbonyl (C=S) groups is 1. The summed E-state index contributed by atoms with van der Waals surface area (Å²) < 4.78 is 23.4. The molecule has 7 nitrogen and oxygen atoms in total. The molecule has 0 bridgehead atoms. The smallest absolute Gasteiger partial charge is 0.256 e. The second-order valence-electron chi connectivity index (χ2n) is 6.97. The van der Waals surface area contributed by atoms with Gasteiger partial charge < -0.3 is 19.7 Å². The first-order valence-electron chi connectivity index (χ1n) is 9.77. The first-order chi connectivity index (χ1) is 14.9. The van der Waals surface area contributed by atoms with Crippen LogP contribution in [-0.4, -0.2) is 55.2 Å². The van der Waals surface area contributed by atoms with Gasteiger partial charge in [0.1, 0.15) is 17.6 Å². The van der Waals surface area contributed by atoms with E-state index in [1.165, 1.54) is 29.2 Å². The maximum atomic E-state index is 13.3. The first-order valence-corrected chi connectivity index (χ1v) is 10.2. The molecule has 31 heavy (non-hydrogen) atoms. The number of carbonyl (C=O) groups is 2. The van der Waals surface area contributed by atoms with Crippen molar-refractivity contribution in [1.29, 1.82) is 0 Å². The van der Waals surface area contributed by atoms with Gasteiger partial charge in [-0.05, 0) is 67.2 Å². The summed E-state index contributed by atoms with van der Waals surface area (Å²) in [6.45, 7) is 0.976. The van der Waals surface area contributed by atoms with Crippen LogP contribution in [0.3, 0.4) is 0 Å². The maximum Gasteiger partial charge on any atom is 0.256 e. The number of rotatable bonds is 9. The summed E-state index contributed by atoms with van der Waals surface area (Å²) in [5.74, 6) is -0.370. The Morgan fingerprint density at radius 2 is 1.81 bits per heavy atom. The highest BCUT2D eigenvalue weighted by Gasteiger charge is 2.43. The number of anilines is 2. The molecule has 1 aliphatic heterocycles. The molecule has 0 unspecified atom stereocenters. The van der Waals surface area contributed by atoms with Gasteiger partial charge in [-0.15, -0.1) is 0 Å². The van der Waals surface area contributed by atoms with Gasteiger partial charge in [0.15, 0.2) is 5.11 Å². The molecule has 9 heteroatoms. The van der Waals surface area contributed by atoms with E-state index >= 15 is 0 Å². The number of amides is 2. The third-order valence-electron chi connectivity index (χ3n) is 4.90. The van der Waals surface area contributed by atoms with E-state index in [2.05, 4.69) is 5.32 Å². The highest BCUT2D eigenvalue weighted by molar-refractivity contribution is 7.80. The summed E-state index contributed by atoms with van der Waals surface area (Å²) in [5, 5.41) is 3.04. The molecule has 0 saturated carbocycles. The van der Waals surface area contributed by atoms with E-state index < -0.39 is 11.9 Å². The van der Waals surface area contributed by atoms with E-state index in [0.29, 0.717) is 41.8 Å². The first kappa shape index (κ1) is 22.6. The van der Waals surface area contributed by atoms with Gasteiger partial charge in [0.25, 0.3) is 5.91 Å². The Morgan fingerprint density at radius 1 is 1.13 bits per heavy atom. The van der Waals surface area contributed by atoms with E-state index in [4.69, 9.17) is 21.7 Å².